The average molecular weight is 306 g/mol. The molecule has 3 nitrogen and oxygen atoms in total. The number of thioether (sulfide) groups is 1. The van der Waals surface area contributed by atoms with Crippen molar-refractivity contribution in [3.63, 3.8) is 0 Å². The largest absolute Gasteiger partial charge is 0.469 e. The third-order valence-corrected chi connectivity index (χ3v) is 5.85. The molecule has 0 amide bonds. The molecule has 1 saturated carbocycles. The second-order valence-corrected chi connectivity index (χ2v) is 7.76. The fourth-order valence-electron chi connectivity index (χ4n) is 3.55. The van der Waals surface area contributed by atoms with Crippen LogP contribution >= 0.6 is 11.8 Å². The Hall–Kier alpha value is -0.900. The van der Waals surface area contributed by atoms with Crippen molar-refractivity contribution in [2.45, 2.75) is 64.0 Å². The minimum atomic E-state index is 0.335. The number of amidine groups is 1. The van der Waals surface area contributed by atoms with Crippen LogP contribution in [0.4, 0.5) is 0 Å². The van der Waals surface area contributed by atoms with Crippen LogP contribution in [-0.2, 0) is 6.42 Å². The van der Waals surface area contributed by atoms with Crippen molar-refractivity contribution in [1.82, 2.24) is 5.32 Å². The molecule has 2 fully saturated rings. The maximum Gasteiger partial charge on any atom is 0.157 e. The fraction of sp³-hybridized carbons (Fsp3) is 0.706. The highest BCUT2D eigenvalue weighted by atomic mass is 32.2. The van der Waals surface area contributed by atoms with Crippen molar-refractivity contribution in [3.8, 4) is 0 Å². The highest BCUT2D eigenvalue weighted by Gasteiger charge is 2.40. The molecule has 0 aromatic carbocycles. The van der Waals surface area contributed by atoms with Crippen LogP contribution in [0.15, 0.2) is 27.8 Å². The molecule has 0 bridgehead atoms. The molecule has 1 saturated heterocycles. The zero-order chi connectivity index (χ0) is 14.7. The van der Waals surface area contributed by atoms with Gasteiger partial charge in [0.15, 0.2) is 5.17 Å². The van der Waals surface area contributed by atoms with Crippen molar-refractivity contribution in [1.29, 1.82) is 0 Å². The highest BCUT2D eigenvalue weighted by Crippen LogP contribution is 2.38. The van der Waals surface area contributed by atoms with E-state index in [1.807, 2.05) is 23.9 Å². The summed E-state index contributed by atoms with van der Waals surface area (Å²) in [5.41, 5.74) is 0.335. The van der Waals surface area contributed by atoms with Gasteiger partial charge < -0.3 is 9.73 Å². The number of nitrogens with zero attached hydrogens (tertiary/aromatic N) is 1. The van der Waals surface area contributed by atoms with Gasteiger partial charge in [-0.3, -0.25) is 4.99 Å². The van der Waals surface area contributed by atoms with Crippen LogP contribution in [-0.4, -0.2) is 22.5 Å². The lowest BCUT2D eigenvalue weighted by Crippen LogP contribution is -2.47. The molecule has 2 heterocycles. The molecule has 2 aliphatic rings. The minimum Gasteiger partial charge on any atom is -0.469 e. The number of hydrogen-bond acceptors (Lipinski definition) is 3. The first-order valence-electron chi connectivity index (χ1n) is 8.16. The topological polar surface area (TPSA) is 37.5 Å². The molecule has 116 valence electrons. The van der Waals surface area contributed by atoms with Crippen molar-refractivity contribution < 1.29 is 4.42 Å². The van der Waals surface area contributed by atoms with Gasteiger partial charge in [-0.15, -0.1) is 0 Å². The van der Waals surface area contributed by atoms with Crippen LogP contribution in [0.5, 0.6) is 0 Å². The van der Waals surface area contributed by atoms with E-state index in [2.05, 4.69) is 19.2 Å². The lowest BCUT2D eigenvalue weighted by molar-refractivity contribution is 0.242. The van der Waals surface area contributed by atoms with Gasteiger partial charge in [0.2, 0.25) is 0 Å². The van der Waals surface area contributed by atoms with E-state index in [1.54, 1.807) is 6.26 Å². The molecule has 1 spiro atoms. The van der Waals surface area contributed by atoms with Gasteiger partial charge in [0.1, 0.15) is 5.76 Å². The molecule has 3 unspecified atom stereocenters. The van der Waals surface area contributed by atoms with Gasteiger partial charge >= 0.3 is 0 Å². The summed E-state index contributed by atoms with van der Waals surface area (Å²) in [6.07, 6.45) is 9.12. The maximum absolute atomic E-state index is 5.39. The lowest BCUT2D eigenvalue weighted by Gasteiger charge is -2.36. The van der Waals surface area contributed by atoms with Crippen molar-refractivity contribution in [2.75, 3.05) is 5.75 Å². The van der Waals surface area contributed by atoms with Gasteiger partial charge in [0.25, 0.3) is 0 Å². The molecular weight excluding hydrogens is 280 g/mol. The van der Waals surface area contributed by atoms with E-state index in [1.165, 1.54) is 31.4 Å². The van der Waals surface area contributed by atoms with Crippen LogP contribution in [0.25, 0.3) is 0 Å². The van der Waals surface area contributed by atoms with Crippen molar-refractivity contribution in [3.05, 3.63) is 24.2 Å². The second-order valence-electron chi connectivity index (χ2n) is 6.80. The summed E-state index contributed by atoms with van der Waals surface area (Å²) >= 11 is 1.92. The quantitative estimate of drug-likeness (QED) is 0.904. The van der Waals surface area contributed by atoms with E-state index in [0.29, 0.717) is 11.6 Å². The molecule has 1 aliphatic carbocycles. The Morgan fingerprint density at radius 2 is 2.48 bits per heavy atom. The monoisotopic (exact) mass is 306 g/mol. The third kappa shape index (κ3) is 3.85. The van der Waals surface area contributed by atoms with Crippen LogP contribution in [0.3, 0.4) is 0 Å². The van der Waals surface area contributed by atoms with Crippen LogP contribution in [0.1, 0.15) is 51.7 Å². The highest BCUT2D eigenvalue weighted by molar-refractivity contribution is 8.14. The molecule has 3 atom stereocenters. The molecule has 21 heavy (non-hydrogen) atoms. The van der Waals surface area contributed by atoms with Gasteiger partial charge in [-0.05, 0) is 44.2 Å². The number of hydrogen-bond donors (Lipinski definition) is 1. The van der Waals surface area contributed by atoms with E-state index in [0.717, 1.165) is 29.7 Å². The van der Waals surface area contributed by atoms with Crippen molar-refractivity contribution >= 4 is 16.9 Å². The molecular formula is C17H26N2OS. The molecule has 1 aromatic rings. The summed E-state index contributed by atoms with van der Waals surface area (Å²) in [4.78, 5) is 4.88. The Balaban J connectivity index is 1.52. The van der Waals surface area contributed by atoms with Gasteiger partial charge in [-0.1, -0.05) is 31.5 Å². The number of nitrogens with one attached hydrogen (secondary N) is 1. The molecule has 1 aliphatic heterocycles. The van der Waals surface area contributed by atoms with E-state index in [-0.39, 0.29) is 0 Å². The summed E-state index contributed by atoms with van der Waals surface area (Å²) in [5, 5.41) is 4.91. The summed E-state index contributed by atoms with van der Waals surface area (Å²) in [7, 11) is 0. The number of furan rings is 1. The molecule has 0 radical (unpaired) electrons. The molecule has 1 aromatic heterocycles. The predicted octanol–water partition coefficient (Wildman–Crippen LogP) is 4.24. The second kappa shape index (κ2) is 6.47. The Labute approximate surface area is 132 Å². The summed E-state index contributed by atoms with van der Waals surface area (Å²) in [6, 6.07) is 4.34. The van der Waals surface area contributed by atoms with E-state index in [4.69, 9.17) is 9.41 Å². The predicted molar refractivity (Wildman–Crippen MR) is 89.9 cm³/mol. The number of aliphatic imine (C=N–C) groups is 1. The summed E-state index contributed by atoms with van der Waals surface area (Å²) < 4.78 is 5.39. The Morgan fingerprint density at radius 3 is 3.24 bits per heavy atom. The SMILES string of the molecule is CC1CCCC2(CSC(=NC(C)CCc3ccco3)N2)C1. The average Bonchev–Trinajstić information content (AvgIpc) is 3.07. The Kier molecular flexibility index (Phi) is 4.63. The van der Waals surface area contributed by atoms with Gasteiger partial charge in [0, 0.05) is 17.7 Å². The van der Waals surface area contributed by atoms with E-state index in [9.17, 15) is 0 Å². The molecule has 4 heteroatoms. The number of aryl methyl sites for hydroxylation is 1. The van der Waals surface area contributed by atoms with Gasteiger partial charge in [-0.2, -0.15) is 0 Å². The summed E-state index contributed by atoms with van der Waals surface area (Å²) in [5.74, 6) is 3.11. The smallest absolute Gasteiger partial charge is 0.157 e. The van der Waals surface area contributed by atoms with Crippen LogP contribution in [0.2, 0.25) is 0 Å². The Bertz CT molecular complexity index is 485. The standard InChI is InChI=1S/C17H26N2OS/c1-13-5-3-9-17(11-13)12-21-16(19-17)18-14(2)7-8-15-6-4-10-20-15/h4,6,10,13-14H,3,5,7-9,11-12H2,1-2H3,(H,18,19). The fourth-order valence-corrected chi connectivity index (χ4v) is 4.84. The number of rotatable bonds is 4. The van der Waals surface area contributed by atoms with Gasteiger partial charge in [0.05, 0.1) is 12.3 Å². The first-order chi connectivity index (χ1) is 10.2. The first kappa shape index (κ1) is 15.0. The van der Waals surface area contributed by atoms with E-state index >= 15 is 0 Å². The first-order valence-corrected chi connectivity index (χ1v) is 9.15. The Morgan fingerprint density at radius 1 is 1.57 bits per heavy atom. The lowest BCUT2D eigenvalue weighted by atomic mass is 9.78. The van der Waals surface area contributed by atoms with Gasteiger partial charge in [-0.25, -0.2) is 0 Å². The van der Waals surface area contributed by atoms with Crippen LogP contribution in [0, 0.1) is 5.92 Å². The van der Waals surface area contributed by atoms with Crippen molar-refractivity contribution in [2.24, 2.45) is 10.9 Å². The summed E-state index contributed by atoms with van der Waals surface area (Å²) in [6.45, 7) is 4.58. The molecule has 1 N–H and O–H groups in total. The zero-order valence-electron chi connectivity index (χ0n) is 13.1. The van der Waals surface area contributed by atoms with E-state index < -0.39 is 0 Å². The van der Waals surface area contributed by atoms with Crippen LogP contribution < -0.4 is 5.32 Å². The normalized spacial score (nSPS) is 32.5. The third-order valence-electron chi connectivity index (χ3n) is 4.67. The maximum atomic E-state index is 5.39. The molecule has 3 rings (SSSR count). The minimum absolute atomic E-state index is 0.335. The zero-order valence-corrected chi connectivity index (χ0v) is 13.9.